The van der Waals surface area contributed by atoms with Crippen molar-refractivity contribution < 1.29 is 9.47 Å². The summed E-state index contributed by atoms with van der Waals surface area (Å²) in [6.07, 6.45) is 2.60. The van der Waals surface area contributed by atoms with Gasteiger partial charge >= 0.3 is 0 Å². The summed E-state index contributed by atoms with van der Waals surface area (Å²) in [5.74, 6) is 1.67. The third-order valence-electron chi connectivity index (χ3n) is 2.89. The maximum Gasteiger partial charge on any atom is 0.123 e. The van der Waals surface area contributed by atoms with Crippen LogP contribution in [-0.2, 0) is 6.42 Å². The summed E-state index contributed by atoms with van der Waals surface area (Å²) in [7, 11) is 3.33. The molecule has 1 unspecified atom stereocenters. The summed E-state index contributed by atoms with van der Waals surface area (Å²) < 4.78 is 10.7. The van der Waals surface area contributed by atoms with Crippen LogP contribution in [-0.4, -0.2) is 19.2 Å². The Morgan fingerprint density at radius 2 is 2.00 bits per heavy atom. The summed E-state index contributed by atoms with van der Waals surface area (Å²) in [4.78, 5) is 4.47. The topological polar surface area (TPSA) is 31.4 Å². The van der Waals surface area contributed by atoms with Gasteiger partial charge in [0.2, 0.25) is 0 Å². The predicted molar refractivity (Wildman–Crippen MR) is 79.2 cm³/mol. The van der Waals surface area contributed by atoms with Gasteiger partial charge in [0, 0.05) is 28.7 Å². The molecule has 1 atom stereocenters. The second-order valence-electron chi connectivity index (χ2n) is 4.10. The molecule has 1 heterocycles. The van der Waals surface area contributed by atoms with Gasteiger partial charge in [-0.15, -0.1) is 0 Å². The Bertz CT molecular complexity index is 531. The van der Waals surface area contributed by atoms with Crippen LogP contribution in [0.1, 0.15) is 16.1 Å². The molecule has 1 aromatic carbocycles. The highest BCUT2D eigenvalue weighted by Gasteiger charge is 2.15. The highest BCUT2D eigenvalue weighted by Crippen LogP contribution is 2.35. The molecule has 0 aliphatic heterocycles. The van der Waals surface area contributed by atoms with Gasteiger partial charge in [-0.1, -0.05) is 22.0 Å². The highest BCUT2D eigenvalue weighted by atomic mass is 79.9. The average Bonchev–Trinajstić information content (AvgIpc) is 2.47. The van der Waals surface area contributed by atoms with Gasteiger partial charge < -0.3 is 9.47 Å². The molecule has 2 rings (SSSR count). The van der Waals surface area contributed by atoms with Gasteiger partial charge in [0.15, 0.2) is 0 Å². The van der Waals surface area contributed by atoms with E-state index < -0.39 is 0 Å². The number of ether oxygens (including phenoxy) is 2. The Hall–Kier alpha value is -1.55. The maximum absolute atomic E-state index is 5.40. The van der Waals surface area contributed by atoms with Crippen LogP contribution in [0.4, 0.5) is 0 Å². The van der Waals surface area contributed by atoms with E-state index in [9.17, 15) is 0 Å². The Kier molecular flexibility index (Phi) is 4.80. The number of hydrogen-bond acceptors (Lipinski definition) is 3. The highest BCUT2D eigenvalue weighted by molar-refractivity contribution is 9.09. The van der Waals surface area contributed by atoms with E-state index in [2.05, 4.69) is 20.9 Å². The van der Waals surface area contributed by atoms with E-state index in [0.717, 1.165) is 29.2 Å². The molecular formula is C15H16BrNO2. The fourth-order valence-electron chi connectivity index (χ4n) is 1.90. The van der Waals surface area contributed by atoms with Gasteiger partial charge in [0.05, 0.1) is 14.2 Å². The van der Waals surface area contributed by atoms with Gasteiger partial charge in [-0.05, 0) is 30.3 Å². The second kappa shape index (κ2) is 6.57. The van der Waals surface area contributed by atoms with E-state index in [0.29, 0.717) is 0 Å². The molecule has 3 nitrogen and oxygen atoms in total. The van der Waals surface area contributed by atoms with Gasteiger partial charge in [0.25, 0.3) is 0 Å². The Morgan fingerprint density at radius 3 is 2.63 bits per heavy atom. The molecule has 19 heavy (non-hydrogen) atoms. The zero-order valence-electron chi connectivity index (χ0n) is 11.0. The zero-order chi connectivity index (χ0) is 13.7. The Labute approximate surface area is 121 Å². The molecule has 0 fully saturated rings. The minimum absolute atomic E-state index is 0.132. The maximum atomic E-state index is 5.40. The molecule has 0 saturated carbocycles. The molecule has 0 saturated heterocycles. The van der Waals surface area contributed by atoms with Crippen molar-refractivity contribution >= 4 is 15.9 Å². The number of aromatic nitrogens is 1. The van der Waals surface area contributed by atoms with E-state index in [1.54, 1.807) is 20.4 Å². The third kappa shape index (κ3) is 3.47. The average molecular weight is 322 g/mol. The van der Waals surface area contributed by atoms with E-state index in [-0.39, 0.29) is 4.83 Å². The van der Waals surface area contributed by atoms with Gasteiger partial charge in [-0.25, -0.2) is 0 Å². The molecule has 1 aromatic heterocycles. The van der Waals surface area contributed by atoms with Crippen molar-refractivity contribution in [2.24, 2.45) is 0 Å². The molecule has 4 heteroatoms. The SMILES string of the molecule is COc1ccc(OC)c(C(Br)Cc2ccccn2)c1. The normalized spacial score (nSPS) is 11.9. The van der Waals surface area contributed by atoms with Crippen molar-refractivity contribution in [3.63, 3.8) is 0 Å². The van der Waals surface area contributed by atoms with E-state index >= 15 is 0 Å². The summed E-state index contributed by atoms with van der Waals surface area (Å²) in [6, 6.07) is 11.7. The van der Waals surface area contributed by atoms with E-state index in [4.69, 9.17) is 9.47 Å². The minimum atomic E-state index is 0.132. The van der Waals surface area contributed by atoms with Crippen molar-refractivity contribution in [2.45, 2.75) is 11.2 Å². The van der Waals surface area contributed by atoms with Crippen LogP contribution >= 0.6 is 15.9 Å². The number of halogens is 1. The lowest BCUT2D eigenvalue weighted by atomic mass is 10.1. The molecular weight excluding hydrogens is 306 g/mol. The van der Waals surface area contributed by atoms with Crippen molar-refractivity contribution in [1.29, 1.82) is 0 Å². The number of benzene rings is 1. The van der Waals surface area contributed by atoms with Crippen LogP contribution < -0.4 is 9.47 Å². The molecule has 0 aliphatic carbocycles. The Balaban J connectivity index is 2.24. The van der Waals surface area contributed by atoms with Gasteiger partial charge in [-0.2, -0.15) is 0 Å². The number of alkyl halides is 1. The number of rotatable bonds is 5. The van der Waals surface area contributed by atoms with Gasteiger partial charge in [-0.3, -0.25) is 4.98 Å². The predicted octanol–water partition coefficient (Wildman–Crippen LogP) is 3.78. The fraction of sp³-hybridized carbons (Fsp3) is 0.267. The lowest BCUT2D eigenvalue weighted by Gasteiger charge is -2.15. The third-order valence-corrected chi connectivity index (χ3v) is 3.71. The van der Waals surface area contributed by atoms with Crippen LogP contribution in [0, 0.1) is 0 Å². The standard InChI is InChI=1S/C15H16BrNO2/c1-18-12-6-7-15(19-2)13(10-12)14(16)9-11-5-3-4-8-17-11/h3-8,10,14H,9H2,1-2H3. The number of hydrogen-bond donors (Lipinski definition) is 0. The zero-order valence-corrected chi connectivity index (χ0v) is 12.6. The number of pyridine rings is 1. The molecule has 0 N–H and O–H groups in total. The van der Waals surface area contributed by atoms with Crippen LogP contribution in [0.5, 0.6) is 11.5 Å². The van der Waals surface area contributed by atoms with Crippen LogP contribution in [0.25, 0.3) is 0 Å². The first-order valence-corrected chi connectivity index (χ1v) is 6.92. The smallest absolute Gasteiger partial charge is 0.123 e. The van der Waals surface area contributed by atoms with Crippen molar-refractivity contribution in [3.05, 3.63) is 53.9 Å². The lowest BCUT2D eigenvalue weighted by molar-refractivity contribution is 0.398. The van der Waals surface area contributed by atoms with E-state index in [1.807, 2.05) is 36.4 Å². The molecule has 2 aromatic rings. The molecule has 0 bridgehead atoms. The fourth-order valence-corrected chi connectivity index (χ4v) is 2.59. The first kappa shape index (κ1) is 13.9. The molecule has 0 spiro atoms. The van der Waals surface area contributed by atoms with Crippen LogP contribution in [0.3, 0.4) is 0 Å². The van der Waals surface area contributed by atoms with Crippen LogP contribution in [0.2, 0.25) is 0 Å². The monoisotopic (exact) mass is 321 g/mol. The lowest BCUT2D eigenvalue weighted by Crippen LogP contribution is -2.01. The Morgan fingerprint density at radius 1 is 1.16 bits per heavy atom. The van der Waals surface area contributed by atoms with Gasteiger partial charge in [0.1, 0.15) is 11.5 Å². The quantitative estimate of drug-likeness (QED) is 0.785. The first-order valence-electron chi connectivity index (χ1n) is 6.00. The summed E-state index contributed by atoms with van der Waals surface area (Å²) in [5.41, 5.74) is 2.10. The molecule has 0 radical (unpaired) electrons. The number of nitrogens with zero attached hydrogens (tertiary/aromatic N) is 1. The van der Waals surface area contributed by atoms with Crippen molar-refractivity contribution in [3.8, 4) is 11.5 Å². The second-order valence-corrected chi connectivity index (χ2v) is 5.21. The summed E-state index contributed by atoms with van der Waals surface area (Å²) in [5, 5.41) is 0. The minimum Gasteiger partial charge on any atom is -0.497 e. The molecule has 0 amide bonds. The number of methoxy groups -OCH3 is 2. The molecule has 0 aliphatic rings. The van der Waals surface area contributed by atoms with Crippen molar-refractivity contribution in [2.75, 3.05) is 14.2 Å². The summed E-state index contributed by atoms with van der Waals surface area (Å²) >= 11 is 3.70. The van der Waals surface area contributed by atoms with Crippen molar-refractivity contribution in [1.82, 2.24) is 4.98 Å². The largest absolute Gasteiger partial charge is 0.497 e. The molecule has 100 valence electrons. The summed E-state index contributed by atoms with van der Waals surface area (Å²) in [6.45, 7) is 0. The first-order chi connectivity index (χ1) is 9.24. The van der Waals surface area contributed by atoms with Crippen LogP contribution in [0.15, 0.2) is 42.6 Å². The van der Waals surface area contributed by atoms with E-state index in [1.165, 1.54) is 0 Å².